The summed E-state index contributed by atoms with van der Waals surface area (Å²) in [5.41, 5.74) is 0.455. The lowest BCUT2D eigenvalue weighted by atomic mass is 9.89. The zero-order valence-electron chi connectivity index (χ0n) is 13.0. The third-order valence-corrected chi connectivity index (χ3v) is 3.96. The van der Waals surface area contributed by atoms with Crippen LogP contribution in [-0.4, -0.2) is 32.1 Å². The molecule has 0 atom stereocenters. The highest BCUT2D eigenvalue weighted by atomic mass is 16.5. The predicted octanol–water partition coefficient (Wildman–Crippen LogP) is 2.55. The summed E-state index contributed by atoms with van der Waals surface area (Å²) in [5.74, 6) is 0.664. The Morgan fingerprint density at radius 3 is 2.45 bits per heavy atom. The van der Waals surface area contributed by atoms with Crippen LogP contribution in [0.1, 0.15) is 42.5 Å². The number of nitrogens with one attached hydrogen (secondary N) is 1. The number of rotatable bonds is 6. The van der Waals surface area contributed by atoms with Crippen LogP contribution in [0.15, 0.2) is 24.3 Å². The molecule has 1 aromatic carbocycles. The van der Waals surface area contributed by atoms with E-state index in [0.29, 0.717) is 17.2 Å². The molecule has 120 valence electrons. The van der Waals surface area contributed by atoms with E-state index in [0.717, 1.165) is 6.54 Å². The molecule has 0 heterocycles. The number of hydrogen-bond acceptors (Lipinski definition) is 4. The second-order valence-corrected chi connectivity index (χ2v) is 5.61. The summed E-state index contributed by atoms with van der Waals surface area (Å²) in [4.78, 5) is 23.1. The molecule has 0 unspecified atom stereocenters. The first kappa shape index (κ1) is 16.3. The Balaban J connectivity index is 1.70. The molecule has 1 fully saturated rings. The van der Waals surface area contributed by atoms with Crippen LogP contribution in [-0.2, 0) is 9.53 Å². The molecule has 2 rings (SSSR count). The van der Waals surface area contributed by atoms with Crippen molar-refractivity contribution in [3.8, 4) is 5.75 Å². The van der Waals surface area contributed by atoms with Crippen LogP contribution in [0, 0.1) is 5.92 Å². The van der Waals surface area contributed by atoms with Gasteiger partial charge < -0.3 is 14.8 Å². The molecular weight excluding hydrogens is 282 g/mol. The average Bonchev–Trinajstić information content (AvgIpc) is 2.58. The molecular formula is C17H23NO4. The Labute approximate surface area is 131 Å². The third kappa shape index (κ3) is 5.06. The molecule has 1 aliphatic carbocycles. The van der Waals surface area contributed by atoms with Crippen LogP contribution in [0.2, 0.25) is 0 Å². The topological polar surface area (TPSA) is 64.6 Å². The molecule has 0 radical (unpaired) electrons. The molecule has 1 saturated carbocycles. The van der Waals surface area contributed by atoms with Crippen LogP contribution < -0.4 is 10.1 Å². The monoisotopic (exact) mass is 305 g/mol. The van der Waals surface area contributed by atoms with Gasteiger partial charge in [0.1, 0.15) is 5.75 Å². The Bertz CT molecular complexity index is 492. The van der Waals surface area contributed by atoms with Crippen molar-refractivity contribution in [2.75, 3.05) is 20.3 Å². The largest absolute Gasteiger partial charge is 0.484 e. The summed E-state index contributed by atoms with van der Waals surface area (Å²) in [6, 6.07) is 6.53. The summed E-state index contributed by atoms with van der Waals surface area (Å²) in [6.45, 7) is 0.730. The summed E-state index contributed by atoms with van der Waals surface area (Å²) >= 11 is 0. The van der Waals surface area contributed by atoms with E-state index in [9.17, 15) is 9.59 Å². The molecule has 0 spiro atoms. The van der Waals surface area contributed by atoms with Gasteiger partial charge in [-0.1, -0.05) is 19.3 Å². The van der Waals surface area contributed by atoms with Gasteiger partial charge in [0, 0.05) is 6.54 Å². The van der Waals surface area contributed by atoms with Crippen molar-refractivity contribution < 1.29 is 19.1 Å². The molecule has 1 aromatic rings. The highest BCUT2D eigenvalue weighted by Gasteiger charge is 2.14. The van der Waals surface area contributed by atoms with Gasteiger partial charge in [-0.15, -0.1) is 0 Å². The summed E-state index contributed by atoms with van der Waals surface area (Å²) in [7, 11) is 1.34. The van der Waals surface area contributed by atoms with Crippen molar-refractivity contribution in [2.45, 2.75) is 32.1 Å². The third-order valence-electron chi connectivity index (χ3n) is 3.96. The number of carbonyl (C=O) groups excluding carboxylic acids is 2. The maximum Gasteiger partial charge on any atom is 0.337 e. The Morgan fingerprint density at radius 2 is 1.82 bits per heavy atom. The first-order valence-electron chi connectivity index (χ1n) is 7.77. The number of ether oxygens (including phenoxy) is 2. The first-order chi connectivity index (χ1) is 10.7. The van der Waals surface area contributed by atoms with E-state index in [2.05, 4.69) is 10.1 Å². The molecule has 0 aliphatic heterocycles. The number of amides is 1. The van der Waals surface area contributed by atoms with E-state index in [-0.39, 0.29) is 12.5 Å². The second-order valence-electron chi connectivity index (χ2n) is 5.61. The van der Waals surface area contributed by atoms with Crippen LogP contribution in [0.4, 0.5) is 0 Å². The van der Waals surface area contributed by atoms with Crippen molar-refractivity contribution in [2.24, 2.45) is 5.92 Å². The fraction of sp³-hybridized carbons (Fsp3) is 0.529. The minimum atomic E-state index is -0.392. The standard InChI is InChI=1S/C17H23NO4/c1-21-17(20)14-7-9-15(10-8-14)22-12-16(19)18-11-13-5-3-2-4-6-13/h7-10,13H,2-6,11-12H2,1H3,(H,18,19). The van der Waals surface area contributed by atoms with E-state index in [1.807, 2.05) is 0 Å². The Kier molecular flexibility index (Phi) is 6.25. The molecule has 5 heteroatoms. The maximum atomic E-state index is 11.8. The maximum absolute atomic E-state index is 11.8. The molecule has 1 amide bonds. The highest BCUT2D eigenvalue weighted by molar-refractivity contribution is 5.89. The summed E-state index contributed by atoms with van der Waals surface area (Å²) in [5, 5.41) is 2.92. The summed E-state index contributed by atoms with van der Waals surface area (Å²) < 4.78 is 10.0. The predicted molar refractivity (Wildman–Crippen MR) is 82.9 cm³/mol. The van der Waals surface area contributed by atoms with Crippen LogP contribution in [0.25, 0.3) is 0 Å². The highest BCUT2D eigenvalue weighted by Crippen LogP contribution is 2.22. The lowest BCUT2D eigenvalue weighted by Gasteiger charge is -2.21. The number of carbonyl (C=O) groups is 2. The normalized spacial score (nSPS) is 15.1. The zero-order chi connectivity index (χ0) is 15.8. The minimum Gasteiger partial charge on any atom is -0.484 e. The molecule has 1 aliphatic rings. The Morgan fingerprint density at radius 1 is 1.14 bits per heavy atom. The molecule has 1 N–H and O–H groups in total. The van der Waals surface area contributed by atoms with Gasteiger partial charge in [-0.2, -0.15) is 0 Å². The van der Waals surface area contributed by atoms with E-state index >= 15 is 0 Å². The average molecular weight is 305 g/mol. The van der Waals surface area contributed by atoms with Gasteiger partial charge in [-0.3, -0.25) is 4.79 Å². The van der Waals surface area contributed by atoms with Gasteiger partial charge >= 0.3 is 5.97 Å². The zero-order valence-corrected chi connectivity index (χ0v) is 13.0. The van der Waals surface area contributed by atoms with Gasteiger partial charge in [-0.25, -0.2) is 4.79 Å². The molecule has 22 heavy (non-hydrogen) atoms. The number of methoxy groups -OCH3 is 1. The lowest BCUT2D eigenvalue weighted by Crippen LogP contribution is -2.33. The van der Waals surface area contributed by atoms with Gasteiger partial charge in [0.15, 0.2) is 6.61 Å². The lowest BCUT2D eigenvalue weighted by molar-refractivity contribution is -0.123. The van der Waals surface area contributed by atoms with Crippen molar-refractivity contribution in [3.63, 3.8) is 0 Å². The van der Waals surface area contributed by atoms with E-state index in [1.165, 1.54) is 39.2 Å². The van der Waals surface area contributed by atoms with Crippen molar-refractivity contribution in [1.82, 2.24) is 5.32 Å². The molecule has 0 saturated heterocycles. The number of hydrogen-bond donors (Lipinski definition) is 1. The number of esters is 1. The van der Waals surface area contributed by atoms with E-state index < -0.39 is 5.97 Å². The first-order valence-corrected chi connectivity index (χ1v) is 7.77. The van der Waals surface area contributed by atoms with Crippen LogP contribution in [0.5, 0.6) is 5.75 Å². The fourth-order valence-electron chi connectivity index (χ4n) is 2.65. The molecule has 5 nitrogen and oxygen atoms in total. The van der Waals surface area contributed by atoms with Gasteiger partial charge in [0.05, 0.1) is 12.7 Å². The van der Waals surface area contributed by atoms with Crippen molar-refractivity contribution in [1.29, 1.82) is 0 Å². The molecule has 0 aromatic heterocycles. The van der Waals surface area contributed by atoms with E-state index in [4.69, 9.17) is 4.74 Å². The molecule has 0 bridgehead atoms. The second kappa shape index (κ2) is 8.41. The van der Waals surface area contributed by atoms with E-state index in [1.54, 1.807) is 24.3 Å². The van der Waals surface area contributed by atoms with Gasteiger partial charge in [-0.05, 0) is 43.0 Å². The summed E-state index contributed by atoms with van der Waals surface area (Å²) in [6.07, 6.45) is 6.26. The fourth-order valence-corrected chi connectivity index (χ4v) is 2.65. The SMILES string of the molecule is COC(=O)c1ccc(OCC(=O)NCC2CCCCC2)cc1. The van der Waals surface area contributed by atoms with Crippen molar-refractivity contribution in [3.05, 3.63) is 29.8 Å². The quantitative estimate of drug-likeness (QED) is 0.820. The van der Waals surface area contributed by atoms with Gasteiger partial charge in [0.25, 0.3) is 5.91 Å². The van der Waals surface area contributed by atoms with Gasteiger partial charge in [0.2, 0.25) is 0 Å². The van der Waals surface area contributed by atoms with Crippen LogP contribution >= 0.6 is 0 Å². The Hall–Kier alpha value is -2.04. The van der Waals surface area contributed by atoms with Crippen molar-refractivity contribution >= 4 is 11.9 Å². The smallest absolute Gasteiger partial charge is 0.337 e. The minimum absolute atomic E-state index is 0.00963. The number of benzene rings is 1. The van der Waals surface area contributed by atoms with Crippen LogP contribution in [0.3, 0.4) is 0 Å².